The van der Waals surface area contributed by atoms with E-state index in [2.05, 4.69) is 4.98 Å². The Morgan fingerprint density at radius 3 is 2.48 bits per heavy atom. The zero-order valence-corrected chi connectivity index (χ0v) is 15.9. The van der Waals surface area contributed by atoms with Crippen molar-refractivity contribution in [2.75, 3.05) is 6.61 Å². The maximum atomic E-state index is 12.9. The number of carbonyl (C=O) groups excluding carboxylic acids is 1. The lowest BCUT2D eigenvalue weighted by Gasteiger charge is -2.08. The monoisotopic (exact) mass is 369 g/mol. The summed E-state index contributed by atoms with van der Waals surface area (Å²) in [5.41, 5.74) is 2.48. The molecule has 0 aliphatic heterocycles. The average molecular weight is 369 g/mol. The van der Waals surface area contributed by atoms with Crippen LogP contribution in [0.2, 0.25) is 0 Å². The summed E-state index contributed by atoms with van der Waals surface area (Å²) in [6.45, 7) is 6.51. The second-order valence-corrected chi connectivity index (χ2v) is 5.60. The predicted molar refractivity (Wildman–Crippen MR) is 104 cm³/mol. The molecule has 1 heterocycles. The van der Waals surface area contributed by atoms with Gasteiger partial charge in [0.1, 0.15) is 18.2 Å². The van der Waals surface area contributed by atoms with Crippen LogP contribution in [0.4, 0.5) is 4.39 Å². The molecular formula is C22H24FNO3. The molecule has 0 bridgehead atoms. The lowest BCUT2D eigenvalue weighted by atomic mass is 10.1. The summed E-state index contributed by atoms with van der Waals surface area (Å²) in [6.07, 6.45) is 1.88. The van der Waals surface area contributed by atoms with Gasteiger partial charge in [-0.3, -0.25) is 9.78 Å². The molecule has 0 amide bonds. The number of halogens is 1. The van der Waals surface area contributed by atoms with E-state index in [1.165, 1.54) is 12.1 Å². The standard InChI is InChI=1S/C20H18FNO3.C2H6/c1-2-24-20(23)10-15-9-16-5-8-18(11-19(16)22-12-15)25-13-14-3-6-17(21)7-4-14;1-2/h3-9,11-12H,2,10,13H2,1H3;1-2H3. The number of rotatable bonds is 6. The van der Waals surface area contributed by atoms with Crippen LogP contribution in [-0.2, 0) is 22.6 Å². The van der Waals surface area contributed by atoms with E-state index in [0.29, 0.717) is 19.0 Å². The Balaban J connectivity index is 0.00000126. The highest BCUT2D eigenvalue weighted by molar-refractivity contribution is 5.82. The third-order valence-corrected chi connectivity index (χ3v) is 3.68. The van der Waals surface area contributed by atoms with Gasteiger partial charge in [0, 0.05) is 17.6 Å². The Hall–Kier alpha value is -2.95. The first-order valence-electron chi connectivity index (χ1n) is 9.05. The Morgan fingerprint density at radius 2 is 1.78 bits per heavy atom. The molecule has 0 aliphatic carbocycles. The van der Waals surface area contributed by atoms with E-state index in [9.17, 15) is 9.18 Å². The van der Waals surface area contributed by atoms with Crippen molar-refractivity contribution in [2.24, 2.45) is 0 Å². The van der Waals surface area contributed by atoms with E-state index in [4.69, 9.17) is 9.47 Å². The summed E-state index contributed by atoms with van der Waals surface area (Å²) in [5, 5.41) is 0.927. The molecular weight excluding hydrogens is 345 g/mol. The normalized spacial score (nSPS) is 10.1. The van der Waals surface area contributed by atoms with Crippen LogP contribution in [0, 0.1) is 5.82 Å². The van der Waals surface area contributed by atoms with Crippen molar-refractivity contribution in [2.45, 2.75) is 33.8 Å². The number of nitrogens with zero attached hydrogens (tertiary/aromatic N) is 1. The summed E-state index contributed by atoms with van der Waals surface area (Å²) >= 11 is 0. The maximum Gasteiger partial charge on any atom is 0.310 e. The van der Waals surface area contributed by atoms with Gasteiger partial charge in [-0.15, -0.1) is 0 Å². The van der Waals surface area contributed by atoms with Gasteiger partial charge < -0.3 is 9.47 Å². The fraction of sp³-hybridized carbons (Fsp3) is 0.273. The van der Waals surface area contributed by atoms with Gasteiger partial charge in [0.15, 0.2) is 0 Å². The largest absolute Gasteiger partial charge is 0.489 e. The summed E-state index contributed by atoms with van der Waals surface area (Å²) in [7, 11) is 0. The molecule has 0 N–H and O–H groups in total. The highest BCUT2D eigenvalue weighted by Crippen LogP contribution is 2.21. The smallest absolute Gasteiger partial charge is 0.310 e. The van der Waals surface area contributed by atoms with Gasteiger partial charge in [-0.25, -0.2) is 4.39 Å². The van der Waals surface area contributed by atoms with E-state index in [-0.39, 0.29) is 18.2 Å². The maximum absolute atomic E-state index is 12.9. The quantitative estimate of drug-likeness (QED) is 0.568. The van der Waals surface area contributed by atoms with Crippen LogP contribution in [0.1, 0.15) is 31.9 Å². The summed E-state index contributed by atoms with van der Waals surface area (Å²) in [6, 6.07) is 13.7. The van der Waals surface area contributed by atoms with Crippen molar-refractivity contribution < 1.29 is 18.7 Å². The first-order chi connectivity index (χ1) is 13.1. The van der Waals surface area contributed by atoms with Crippen molar-refractivity contribution in [3.05, 3.63) is 71.7 Å². The molecule has 27 heavy (non-hydrogen) atoms. The number of fused-ring (bicyclic) bond motifs is 1. The number of pyridine rings is 1. The van der Waals surface area contributed by atoms with E-state index in [0.717, 1.165) is 22.0 Å². The molecule has 3 aromatic rings. The lowest BCUT2D eigenvalue weighted by molar-refractivity contribution is -0.142. The molecule has 0 fully saturated rings. The molecule has 0 unspecified atom stereocenters. The number of hydrogen-bond acceptors (Lipinski definition) is 4. The molecule has 0 spiro atoms. The van der Waals surface area contributed by atoms with Gasteiger partial charge in [0.25, 0.3) is 0 Å². The summed E-state index contributed by atoms with van der Waals surface area (Å²) in [4.78, 5) is 15.9. The third kappa shape index (κ3) is 6.06. The van der Waals surface area contributed by atoms with E-state index >= 15 is 0 Å². The lowest BCUT2D eigenvalue weighted by Crippen LogP contribution is -2.07. The summed E-state index contributed by atoms with van der Waals surface area (Å²) in [5.74, 6) is 0.155. The highest BCUT2D eigenvalue weighted by atomic mass is 19.1. The SMILES string of the molecule is CC.CCOC(=O)Cc1cnc2cc(OCc3ccc(F)cc3)ccc2c1. The number of carbonyl (C=O) groups is 1. The van der Waals surface area contributed by atoms with E-state index in [1.807, 2.05) is 38.1 Å². The van der Waals surface area contributed by atoms with Crippen LogP contribution in [0.15, 0.2) is 54.7 Å². The van der Waals surface area contributed by atoms with Crippen LogP contribution in [0.25, 0.3) is 10.9 Å². The second-order valence-electron chi connectivity index (χ2n) is 5.60. The van der Waals surface area contributed by atoms with Crippen molar-refractivity contribution in [1.29, 1.82) is 0 Å². The Bertz CT molecular complexity index is 878. The molecule has 4 nitrogen and oxygen atoms in total. The molecule has 5 heteroatoms. The Labute approximate surface area is 159 Å². The fourth-order valence-electron chi connectivity index (χ4n) is 2.46. The van der Waals surface area contributed by atoms with Crippen LogP contribution < -0.4 is 4.74 Å². The number of esters is 1. The van der Waals surface area contributed by atoms with Crippen LogP contribution in [0.5, 0.6) is 5.75 Å². The van der Waals surface area contributed by atoms with Gasteiger partial charge in [0.05, 0.1) is 18.5 Å². The molecule has 0 saturated heterocycles. The predicted octanol–water partition coefficient (Wildman–Crippen LogP) is 5.08. The van der Waals surface area contributed by atoms with Crippen LogP contribution >= 0.6 is 0 Å². The van der Waals surface area contributed by atoms with Gasteiger partial charge in [-0.1, -0.05) is 26.0 Å². The minimum atomic E-state index is -0.266. The third-order valence-electron chi connectivity index (χ3n) is 3.68. The van der Waals surface area contributed by atoms with Crippen LogP contribution in [0.3, 0.4) is 0 Å². The molecule has 0 atom stereocenters. The zero-order valence-electron chi connectivity index (χ0n) is 15.9. The zero-order chi connectivity index (χ0) is 19.6. The molecule has 0 saturated carbocycles. The van der Waals surface area contributed by atoms with Gasteiger partial charge >= 0.3 is 5.97 Å². The van der Waals surface area contributed by atoms with E-state index in [1.54, 1.807) is 25.3 Å². The topological polar surface area (TPSA) is 48.4 Å². The molecule has 142 valence electrons. The fourth-order valence-corrected chi connectivity index (χ4v) is 2.46. The molecule has 1 aromatic heterocycles. The number of ether oxygens (including phenoxy) is 2. The van der Waals surface area contributed by atoms with Crippen molar-refractivity contribution in [3.8, 4) is 5.75 Å². The minimum absolute atomic E-state index is 0.208. The van der Waals surface area contributed by atoms with Gasteiger partial charge in [0.2, 0.25) is 0 Å². The Morgan fingerprint density at radius 1 is 1.04 bits per heavy atom. The van der Waals surface area contributed by atoms with Crippen molar-refractivity contribution >= 4 is 16.9 Å². The van der Waals surface area contributed by atoms with Gasteiger partial charge in [-0.2, -0.15) is 0 Å². The van der Waals surface area contributed by atoms with Gasteiger partial charge in [-0.05, 0) is 48.4 Å². The van der Waals surface area contributed by atoms with Crippen molar-refractivity contribution in [1.82, 2.24) is 4.98 Å². The number of benzene rings is 2. The minimum Gasteiger partial charge on any atom is -0.489 e. The average Bonchev–Trinajstić information content (AvgIpc) is 2.69. The van der Waals surface area contributed by atoms with Crippen molar-refractivity contribution in [3.63, 3.8) is 0 Å². The molecule has 0 radical (unpaired) electrons. The van der Waals surface area contributed by atoms with Crippen LogP contribution in [-0.4, -0.2) is 17.6 Å². The first-order valence-corrected chi connectivity index (χ1v) is 9.05. The number of hydrogen-bond donors (Lipinski definition) is 0. The molecule has 2 aromatic carbocycles. The highest BCUT2D eigenvalue weighted by Gasteiger charge is 2.06. The molecule has 3 rings (SSSR count). The second kappa shape index (κ2) is 10.3. The number of aromatic nitrogens is 1. The van der Waals surface area contributed by atoms with E-state index < -0.39 is 0 Å². The molecule has 0 aliphatic rings. The summed E-state index contributed by atoms with van der Waals surface area (Å²) < 4.78 is 23.6. The first kappa shape index (κ1) is 20.4. The Kier molecular flexibility index (Phi) is 7.74.